The van der Waals surface area contributed by atoms with Gasteiger partial charge in [-0.05, 0) is 45.4 Å². The largest absolute Gasteiger partial charge is 0.457 e. The fourth-order valence-corrected chi connectivity index (χ4v) is 15.3. The summed E-state index contributed by atoms with van der Waals surface area (Å²) in [5, 5.41) is 0. The minimum atomic E-state index is -4.14. The van der Waals surface area contributed by atoms with Crippen LogP contribution in [0.5, 0.6) is 0 Å². The number of guanidine groups is 3. The van der Waals surface area contributed by atoms with Crippen molar-refractivity contribution in [1.82, 2.24) is 29.4 Å². The van der Waals surface area contributed by atoms with E-state index in [1.807, 2.05) is 35.8 Å². The fourth-order valence-electron chi connectivity index (χ4n) is 11.1. The summed E-state index contributed by atoms with van der Waals surface area (Å²) in [5.41, 5.74) is 0. The lowest BCUT2D eigenvalue weighted by Crippen LogP contribution is -2.32. The molecule has 3 saturated heterocycles. The van der Waals surface area contributed by atoms with E-state index in [0.717, 1.165) is 130 Å². The SMILES string of the molecule is CCCCCCCCCCCCN1CCN(C)C1=NP(=O)(OCC)OCCCOP(=O)(N=C1N(C)CCN1CCCCCCCCCCCC)OCCCOP(=O)(N=C1N(C)CCN1CCCCCCCCCCCC)OCCCCCCC. The van der Waals surface area contributed by atoms with Crippen LogP contribution in [-0.4, -0.2) is 167 Å². The van der Waals surface area contributed by atoms with Crippen LogP contribution in [0.3, 0.4) is 0 Å². The topological polar surface area (TPSA) is 163 Å². The zero-order valence-corrected chi connectivity index (χ0v) is 58.0. The second-order valence-corrected chi connectivity index (χ2v) is 29.0. The molecule has 3 aliphatic rings. The quantitative estimate of drug-likeness (QED) is 0.0417. The number of likely N-dealkylation sites (N-methyl/N-ethyl adjacent to an activating group) is 3. The minimum Gasteiger partial charge on any atom is -0.344 e. The van der Waals surface area contributed by atoms with E-state index >= 15 is 0 Å². The molecule has 0 saturated carbocycles. The predicted octanol–water partition coefficient (Wildman–Crippen LogP) is 17.8. The van der Waals surface area contributed by atoms with Gasteiger partial charge in [-0.2, -0.15) is 0 Å². The molecular weight excluding hydrogens is 1120 g/mol. The van der Waals surface area contributed by atoms with E-state index in [2.05, 4.69) is 47.2 Å². The average Bonchev–Trinajstić information content (AvgIpc) is 4.33. The third-order valence-electron chi connectivity index (χ3n) is 16.4. The van der Waals surface area contributed by atoms with Crippen molar-refractivity contribution < 1.29 is 40.8 Å². The number of nitrogens with zero attached hydrogens (tertiary/aromatic N) is 9. The maximum Gasteiger partial charge on any atom is 0.457 e. The molecule has 84 heavy (non-hydrogen) atoms. The van der Waals surface area contributed by atoms with Gasteiger partial charge in [0.1, 0.15) is 0 Å². The van der Waals surface area contributed by atoms with Gasteiger partial charge in [0.15, 0.2) is 0 Å². The van der Waals surface area contributed by atoms with Gasteiger partial charge in [0.05, 0.1) is 39.6 Å². The van der Waals surface area contributed by atoms with Crippen LogP contribution in [0.4, 0.5) is 0 Å². The highest BCUT2D eigenvalue weighted by Crippen LogP contribution is 2.54. The Labute approximate surface area is 515 Å². The van der Waals surface area contributed by atoms with Gasteiger partial charge in [-0.3, -0.25) is 27.1 Å². The van der Waals surface area contributed by atoms with Crippen LogP contribution in [0.2, 0.25) is 0 Å². The Morgan fingerprint density at radius 2 is 0.500 bits per heavy atom. The molecular formula is C63H128N9O9P3. The van der Waals surface area contributed by atoms with Gasteiger partial charge in [-0.15, -0.1) is 14.3 Å². The molecule has 0 aromatic carbocycles. The smallest absolute Gasteiger partial charge is 0.344 e. The van der Waals surface area contributed by atoms with Crippen molar-refractivity contribution in [2.45, 2.75) is 272 Å². The van der Waals surface area contributed by atoms with Crippen LogP contribution in [0.15, 0.2) is 14.3 Å². The molecule has 3 atom stereocenters. The van der Waals surface area contributed by atoms with Gasteiger partial charge < -0.3 is 29.4 Å². The number of hydrogen-bond acceptors (Lipinski definition) is 9. The lowest BCUT2D eigenvalue weighted by Gasteiger charge is -2.24. The Kier molecular flexibility index (Phi) is 43.9. The second kappa shape index (κ2) is 48.2. The van der Waals surface area contributed by atoms with E-state index in [-0.39, 0.29) is 52.5 Å². The molecule has 494 valence electrons. The van der Waals surface area contributed by atoms with E-state index < -0.39 is 23.2 Å². The lowest BCUT2D eigenvalue weighted by molar-refractivity contribution is 0.162. The molecule has 0 aromatic rings. The van der Waals surface area contributed by atoms with Crippen molar-refractivity contribution in [2.24, 2.45) is 14.3 Å². The maximum atomic E-state index is 14.9. The molecule has 3 heterocycles. The van der Waals surface area contributed by atoms with Crippen LogP contribution < -0.4 is 0 Å². The van der Waals surface area contributed by atoms with Gasteiger partial charge in [0.2, 0.25) is 17.9 Å². The third-order valence-corrected chi connectivity index (χ3v) is 20.8. The van der Waals surface area contributed by atoms with E-state index in [1.54, 1.807) is 6.92 Å². The summed E-state index contributed by atoms with van der Waals surface area (Å²) in [6.45, 7) is 18.3. The van der Waals surface area contributed by atoms with Crippen molar-refractivity contribution in [3.05, 3.63) is 0 Å². The second-order valence-electron chi connectivity index (χ2n) is 24.1. The Hall–Kier alpha value is -1.74. The normalized spacial score (nSPS) is 18.6. The number of unbranched alkanes of at least 4 members (excludes halogenated alkanes) is 31. The van der Waals surface area contributed by atoms with Gasteiger partial charge in [-0.1, -0.05) is 227 Å². The van der Waals surface area contributed by atoms with Crippen molar-refractivity contribution in [2.75, 3.05) is 120 Å². The van der Waals surface area contributed by atoms with E-state index in [9.17, 15) is 13.7 Å². The summed E-state index contributed by atoms with van der Waals surface area (Å²) in [4.78, 5) is 12.7. The number of rotatable bonds is 57. The minimum absolute atomic E-state index is 0.00230. The average molecular weight is 1250 g/mol. The Morgan fingerprint density at radius 1 is 0.286 bits per heavy atom. The highest BCUT2D eigenvalue weighted by molar-refractivity contribution is 7.53. The van der Waals surface area contributed by atoms with Crippen LogP contribution in [-0.2, 0) is 40.8 Å². The third kappa shape index (κ3) is 34.3. The van der Waals surface area contributed by atoms with Gasteiger partial charge in [-0.25, -0.2) is 13.7 Å². The van der Waals surface area contributed by atoms with E-state index in [4.69, 9.17) is 36.7 Å². The summed E-state index contributed by atoms with van der Waals surface area (Å²) < 4.78 is 94.2. The molecule has 0 radical (unpaired) electrons. The Balaban J connectivity index is 1.68. The molecule has 0 N–H and O–H groups in total. The summed E-state index contributed by atoms with van der Waals surface area (Å²) in [5.74, 6) is 1.86. The molecule has 0 aliphatic carbocycles. The van der Waals surface area contributed by atoms with Gasteiger partial charge >= 0.3 is 23.2 Å². The standard InChI is InChI=1S/C63H128N9O9P3/c1-9-14-18-22-25-28-31-34-37-41-47-70-53-50-67(6)61(70)64-82(73,76-13-5)78-57-45-58-80-84(75,66-63-69(8)52-55-72(63)49-43-39-36-33-30-27-24-20-16-11-3)81-60-46-59-79-83(74,77-56-44-40-21-17-12-4)65-62-68(7)51-54-71(62)48-42-38-35-32-29-26-23-19-15-10-2/h9-60H2,1-8H3. The van der Waals surface area contributed by atoms with Gasteiger partial charge in [0, 0.05) is 80.0 Å². The molecule has 0 bridgehead atoms. The zero-order chi connectivity index (χ0) is 60.8. The predicted molar refractivity (Wildman–Crippen MR) is 353 cm³/mol. The summed E-state index contributed by atoms with van der Waals surface area (Å²) in [7, 11) is -6.06. The highest BCUT2D eigenvalue weighted by atomic mass is 31.2. The maximum absolute atomic E-state index is 14.9. The molecule has 3 aliphatic heterocycles. The molecule has 18 nitrogen and oxygen atoms in total. The first kappa shape index (κ1) is 76.5. The van der Waals surface area contributed by atoms with Crippen molar-refractivity contribution in [3.63, 3.8) is 0 Å². The van der Waals surface area contributed by atoms with Gasteiger partial charge in [0.25, 0.3) is 0 Å². The molecule has 3 unspecified atom stereocenters. The summed E-state index contributed by atoms with van der Waals surface area (Å²) >= 11 is 0. The molecule has 0 aromatic heterocycles. The van der Waals surface area contributed by atoms with Crippen LogP contribution in [0.25, 0.3) is 0 Å². The number of hydrogen-bond donors (Lipinski definition) is 0. The first-order chi connectivity index (χ1) is 40.8. The Bertz CT molecular complexity index is 1890. The molecule has 0 spiro atoms. The van der Waals surface area contributed by atoms with Crippen molar-refractivity contribution in [1.29, 1.82) is 0 Å². The zero-order valence-electron chi connectivity index (χ0n) is 55.3. The first-order valence-corrected chi connectivity index (χ1v) is 39.2. The van der Waals surface area contributed by atoms with Crippen molar-refractivity contribution >= 4 is 41.1 Å². The Morgan fingerprint density at radius 3 is 0.750 bits per heavy atom. The summed E-state index contributed by atoms with van der Waals surface area (Å²) in [6.07, 6.45) is 43.4. The van der Waals surface area contributed by atoms with Crippen LogP contribution in [0.1, 0.15) is 272 Å². The van der Waals surface area contributed by atoms with E-state index in [1.165, 1.54) is 154 Å². The monoisotopic (exact) mass is 1250 g/mol. The molecule has 3 fully saturated rings. The first-order valence-electron chi connectivity index (χ1n) is 34.7. The van der Waals surface area contributed by atoms with E-state index in [0.29, 0.717) is 17.9 Å². The van der Waals surface area contributed by atoms with Crippen LogP contribution >= 0.6 is 23.2 Å². The fraction of sp³-hybridized carbons (Fsp3) is 0.952. The lowest BCUT2D eigenvalue weighted by atomic mass is 10.1. The molecule has 3 rings (SSSR count). The van der Waals surface area contributed by atoms with Crippen molar-refractivity contribution in [3.8, 4) is 0 Å². The highest BCUT2D eigenvalue weighted by Gasteiger charge is 2.35. The van der Waals surface area contributed by atoms with Crippen LogP contribution in [0, 0.1) is 0 Å². The molecule has 21 heteroatoms. The summed E-state index contributed by atoms with van der Waals surface area (Å²) in [6, 6.07) is 0. The molecule has 0 amide bonds.